The van der Waals surface area contributed by atoms with Crippen LogP contribution in [0.2, 0.25) is 0 Å². The monoisotopic (exact) mass is 197 g/mol. The van der Waals surface area contributed by atoms with E-state index in [1.165, 1.54) is 25.7 Å². The summed E-state index contributed by atoms with van der Waals surface area (Å²) in [5.74, 6) is 3.21. The Labute approximate surface area is 89.5 Å². The van der Waals surface area contributed by atoms with Crippen molar-refractivity contribution in [1.82, 2.24) is 0 Å². The summed E-state index contributed by atoms with van der Waals surface area (Å²) in [4.78, 5) is 0. The molecule has 1 aliphatic carbocycles. The summed E-state index contributed by atoms with van der Waals surface area (Å²) in [5, 5.41) is 0. The van der Waals surface area contributed by atoms with Gasteiger partial charge >= 0.3 is 0 Å². The average molecular weight is 197 g/mol. The molecule has 0 radical (unpaired) electrons. The predicted octanol–water partition coefficient (Wildman–Crippen LogP) is 3.43. The lowest BCUT2D eigenvalue weighted by Crippen LogP contribution is -2.38. The third kappa shape index (κ3) is 2.98. The molecule has 0 heterocycles. The van der Waals surface area contributed by atoms with E-state index in [4.69, 9.17) is 5.73 Å². The van der Waals surface area contributed by atoms with Crippen molar-refractivity contribution < 1.29 is 0 Å². The first-order chi connectivity index (χ1) is 6.52. The van der Waals surface area contributed by atoms with E-state index in [0.29, 0.717) is 12.0 Å². The maximum Gasteiger partial charge on any atom is 0.00904 e. The van der Waals surface area contributed by atoms with Crippen LogP contribution in [0.3, 0.4) is 0 Å². The van der Waals surface area contributed by atoms with Gasteiger partial charge in [-0.3, -0.25) is 0 Å². The van der Waals surface area contributed by atoms with Crippen LogP contribution in [0.1, 0.15) is 53.4 Å². The van der Waals surface area contributed by atoms with Crippen molar-refractivity contribution in [2.45, 2.75) is 59.4 Å². The van der Waals surface area contributed by atoms with Crippen LogP contribution in [0.15, 0.2) is 0 Å². The van der Waals surface area contributed by atoms with E-state index in [0.717, 1.165) is 17.8 Å². The highest BCUT2D eigenvalue weighted by molar-refractivity contribution is 4.83. The fraction of sp³-hybridized carbons (Fsp3) is 1.00. The molecular formula is C13H27N. The minimum absolute atomic E-state index is 0.427. The fourth-order valence-electron chi connectivity index (χ4n) is 2.77. The molecule has 2 N–H and O–H groups in total. The van der Waals surface area contributed by atoms with Crippen molar-refractivity contribution in [3.63, 3.8) is 0 Å². The summed E-state index contributed by atoms with van der Waals surface area (Å²) >= 11 is 0. The third-order valence-corrected chi connectivity index (χ3v) is 4.01. The zero-order chi connectivity index (χ0) is 10.7. The molecular weight excluding hydrogens is 170 g/mol. The molecule has 84 valence electrons. The molecule has 0 aliphatic heterocycles. The van der Waals surface area contributed by atoms with Crippen molar-refractivity contribution in [3.8, 4) is 0 Å². The normalized spacial score (nSPS) is 31.1. The molecule has 0 amide bonds. The van der Waals surface area contributed by atoms with E-state index < -0.39 is 0 Å². The summed E-state index contributed by atoms with van der Waals surface area (Å²) in [5.41, 5.74) is 6.25. The lowest BCUT2D eigenvalue weighted by molar-refractivity contribution is 0.174. The van der Waals surface area contributed by atoms with Gasteiger partial charge in [0.25, 0.3) is 0 Å². The van der Waals surface area contributed by atoms with Crippen LogP contribution >= 0.6 is 0 Å². The molecule has 0 bridgehead atoms. The molecule has 14 heavy (non-hydrogen) atoms. The van der Waals surface area contributed by atoms with Crippen LogP contribution in [-0.4, -0.2) is 6.04 Å². The van der Waals surface area contributed by atoms with Gasteiger partial charge in [-0.2, -0.15) is 0 Å². The smallest absolute Gasteiger partial charge is 0.00904 e. The first-order valence-electron chi connectivity index (χ1n) is 6.28. The summed E-state index contributed by atoms with van der Waals surface area (Å²) in [6.45, 7) is 9.22. The average Bonchev–Trinajstić information content (AvgIpc) is 2.16. The maximum atomic E-state index is 6.25. The van der Waals surface area contributed by atoms with Crippen molar-refractivity contribution in [2.75, 3.05) is 0 Å². The highest BCUT2D eigenvalue weighted by atomic mass is 14.7. The molecule has 1 heteroatoms. The summed E-state index contributed by atoms with van der Waals surface area (Å²) in [7, 11) is 0. The van der Waals surface area contributed by atoms with Gasteiger partial charge in [0.2, 0.25) is 0 Å². The third-order valence-electron chi connectivity index (χ3n) is 4.01. The van der Waals surface area contributed by atoms with Crippen molar-refractivity contribution in [1.29, 1.82) is 0 Å². The molecule has 1 rings (SSSR count). The van der Waals surface area contributed by atoms with Gasteiger partial charge in [-0.25, -0.2) is 0 Å². The Balaban J connectivity index is 2.47. The second-order valence-electron chi connectivity index (χ2n) is 5.75. The van der Waals surface area contributed by atoms with Gasteiger partial charge in [-0.15, -0.1) is 0 Å². The molecule has 0 aromatic heterocycles. The van der Waals surface area contributed by atoms with Gasteiger partial charge in [0.15, 0.2) is 0 Å². The van der Waals surface area contributed by atoms with E-state index in [-0.39, 0.29) is 0 Å². The SMILES string of the molecule is CC(C)C1CCCC(C(N)C(C)C)C1. The number of hydrogen-bond donors (Lipinski definition) is 1. The quantitative estimate of drug-likeness (QED) is 0.737. The van der Waals surface area contributed by atoms with Gasteiger partial charge in [0, 0.05) is 6.04 Å². The fourth-order valence-corrected chi connectivity index (χ4v) is 2.77. The van der Waals surface area contributed by atoms with Gasteiger partial charge in [-0.05, 0) is 36.5 Å². The van der Waals surface area contributed by atoms with Gasteiger partial charge in [-0.1, -0.05) is 40.5 Å². The predicted molar refractivity (Wildman–Crippen MR) is 63.1 cm³/mol. The summed E-state index contributed by atoms with van der Waals surface area (Å²) in [6.07, 6.45) is 5.56. The van der Waals surface area contributed by atoms with E-state index in [1.54, 1.807) is 0 Å². The summed E-state index contributed by atoms with van der Waals surface area (Å²) < 4.78 is 0. The number of hydrogen-bond acceptors (Lipinski definition) is 1. The minimum Gasteiger partial charge on any atom is -0.327 e. The highest BCUT2D eigenvalue weighted by Gasteiger charge is 2.28. The van der Waals surface area contributed by atoms with Crippen LogP contribution in [0.25, 0.3) is 0 Å². The molecule has 0 saturated heterocycles. The van der Waals surface area contributed by atoms with Gasteiger partial charge < -0.3 is 5.73 Å². The second-order valence-corrected chi connectivity index (χ2v) is 5.75. The molecule has 0 aromatic carbocycles. The summed E-state index contributed by atoms with van der Waals surface area (Å²) in [6, 6.07) is 0.427. The Kier molecular flexibility index (Phi) is 4.43. The first kappa shape index (κ1) is 12.0. The highest BCUT2D eigenvalue weighted by Crippen LogP contribution is 2.36. The molecule has 0 spiro atoms. The van der Waals surface area contributed by atoms with Crippen molar-refractivity contribution in [2.24, 2.45) is 29.4 Å². The van der Waals surface area contributed by atoms with Gasteiger partial charge in [0.05, 0.1) is 0 Å². The van der Waals surface area contributed by atoms with Crippen molar-refractivity contribution in [3.05, 3.63) is 0 Å². The van der Waals surface area contributed by atoms with E-state index >= 15 is 0 Å². The van der Waals surface area contributed by atoms with Crippen LogP contribution in [0.4, 0.5) is 0 Å². The molecule has 0 aromatic rings. The largest absolute Gasteiger partial charge is 0.327 e. The minimum atomic E-state index is 0.427. The Morgan fingerprint density at radius 1 is 1.00 bits per heavy atom. The molecule has 1 saturated carbocycles. The Morgan fingerprint density at radius 2 is 1.57 bits per heavy atom. The first-order valence-corrected chi connectivity index (χ1v) is 6.28. The zero-order valence-electron chi connectivity index (χ0n) is 10.3. The topological polar surface area (TPSA) is 26.0 Å². The van der Waals surface area contributed by atoms with Crippen LogP contribution in [0, 0.1) is 23.7 Å². The Bertz CT molecular complexity index is 157. The molecule has 1 nitrogen and oxygen atoms in total. The van der Waals surface area contributed by atoms with E-state index in [2.05, 4.69) is 27.7 Å². The lowest BCUT2D eigenvalue weighted by Gasteiger charge is -2.36. The standard InChI is InChI=1S/C13H27N/c1-9(2)11-6-5-7-12(8-11)13(14)10(3)4/h9-13H,5-8,14H2,1-4H3. The lowest BCUT2D eigenvalue weighted by atomic mass is 9.72. The molecule has 1 aliphatic rings. The van der Waals surface area contributed by atoms with E-state index in [1.807, 2.05) is 0 Å². The second kappa shape index (κ2) is 5.16. The van der Waals surface area contributed by atoms with Crippen LogP contribution in [-0.2, 0) is 0 Å². The van der Waals surface area contributed by atoms with E-state index in [9.17, 15) is 0 Å². The molecule has 3 unspecified atom stereocenters. The van der Waals surface area contributed by atoms with Crippen LogP contribution in [0.5, 0.6) is 0 Å². The number of nitrogens with two attached hydrogens (primary N) is 1. The Hall–Kier alpha value is -0.0400. The van der Waals surface area contributed by atoms with Gasteiger partial charge in [0.1, 0.15) is 0 Å². The maximum absolute atomic E-state index is 6.25. The van der Waals surface area contributed by atoms with Crippen molar-refractivity contribution >= 4 is 0 Å². The zero-order valence-corrected chi connectivity index (χ0v) is 10.3. The molecule has 1 fully saturated rings. The molecule has 3 atom stereocenters. The number of rotatable bonds is 3. The Morgan fingerprint density at radius 3 is 2.07 bits per heavy atom. The van der Waals surface area contributed by atoms with Crippen LogP contribution < -0.4 is 5.73 Å².